The summed E-state index contributed by atoms with van der Waals surface area (Å²) < 4.78 is 0. The van der Waals surface area contributed by atoms with Gasteiger partial charge in [-0.2, -0.15) is 5.10 Å². The van der Waals surface area contributed by atoms with E-state index in [1.54, 1.807) is 19.1 Å². The number of carbonyl (C=O) groups excluding carboxylic acids is 1. The predicted molar refractivity (Wildman–Crippen MR) is 71.8 cm³/mol. The minimum absolute atomic E-state index is 0.135. The highest BCUT2D eigenvalue weighted by molar-refractivity contribution is 8.00. The number of hydrogen-bond acceptors (Lipinski definition) is 4. The molecule has 18 heavy (non-hydrogen) atoms. The summed E-state index contributed by atoms with van der Waals surface area (Å²) in [6.07, 6.45) is 1.40. The van der Waals surface area contributed by atoms with E-state index >= 15 is 0 Å². The third-order valence-corrected chi connectivity index (χ3v) is 3.50. The van der Waals surface area contributed by atoms with Crippen LogP contribution < -0.4 is 5.32 Å². The predicted octanol–water partition coefficient (Wildman–Crippen LogP) is 2.58. The van der Waals surface area contributed by atoms with Crippen LogP contribution in [-0.4, -0.2) is 26.3 Å². The lowest BCUT2D eigenvalue weighted by Gasteiger charge is -2.11. The fourth-order valence-corrected chi connectivity index (χ4v) is 2.17. The molecule has 0 fully saturated rings. The van der Waals surface area contributed by atoms with Gasteiger partial charge >= 0.3 is 0 Å². The highest BCUT2D eigenvalue weighted by Crippen LogP contribution is 2.23. The standard InChI is InChI=1S/C11H11ClN4OS/c1-7(18-11-13-6-14-16-11)10(17)15-9-5-3-2-4-8(9)12/h2-7H,1H3,(H,15,17)(H,13,14,16). The van der Waals surface area contributed by atoms with Crippen LogP contribution >= 0.6 is 23.4 Å². The number of rotatable bonds is 4. The second kappa shape index (κ2) is 5.88. The molecule has 5 nitrogen and oxygen atoms in total. The zero-order chi connectivity index (χ0) is 13.0. The average Bonchev–Trinajstić information content (AvgIpc) is 2.84. The van der Waals surface area contributed by atoms with E-state index in [9.17, 15) is 4.79 Å². The average molecular weight is 283 g/mol. The number of carbonyl (C=O) groups is 1. The molecule has 1 unspecified atom stereocenters. The van der Waals surface area contributed by atoms with Gasteiger partial charge in [0.1, 0.15) is 6.33 Å². The van der Waals surface area contributed by atoms with Crippen LogP contribution in [0, 0.1) is 0 Å². The van der Waals surface area contributed by atoms with Crippen LogP contribution in [0.15, 0.2) is 35.7 Å². The van der Waals surface area contributed by atoms with Crippen molar-refractivity contribution in [3.63, 3.8) is 0 Å². The molecule has 0 bridgehead atoms. The summed E-state index contributed by atoms with van der Waals surface area (Å²) >= 11 is 7.26. The van der Waals surface area contributed by atoms with Crippen molar-refractivity contribution >= 4 is 35.0 Å². The molecule has 0 spiro atoms. The SMILES string of the molecule is CC(Sc1ncn[nH]1)C(=O)Nc1ccccc1Cl. The molecular formula is C11H11ClN4OS. The summed E-state index contributed by atoms with van der Waals surface area (Å²) in [6.45, 7) is 1.79. The number of anilines is 1. The molecule has 2 rings (SSSR count). The molecule has 94 valence electrons. The Morgan fingerprint density at radius 2 is 2.28 bits per heavy atom. The minimum Gasteiger partial charge on any atom is -0.324 e. The monoisotopic (exact) mass is 282 g/mol. The first kappa shape index (κ1) is 12.9. The summed E-state index contributed by atoms with van der Waals surface area (Å²) in [6, 6.07) is 7.11. The van der Waals surface area contributed by atoms with Gasteiger partial charge in [0.05, 0.1) is 16.0 Å². The summed E-state index contributed by atoms with van der Waals surface area (Å²) in [7, 11) is 0. The second-order valence-corrected chi connectivity index (χ2v) is 5.26. The molecule has 0 aliphatic carbocycles. The van der Waals surface area contributed by atoms with Crippen molar-refractivity contribution in [2.24, 2.45) is 0 Å². The van der Waals surface area contributed by atoms with Crippen LogP contribution in [0.5, 0.6) is 0 Å². The zero-order valence-corrected chi connectivity index (χ0v) is 11.1. The molecule has 1 aromatic heterocycles. The lowest BCUT2D eigenvalue weighted by atomic mass is 10.3. The summed E-state index contributed by atoms with van der Waals surface area (Å²) in [5, 5.41) is 10.0. The van der Waals surface area contributed by atoms with Crippen molar-refractivity contribution in [3.05, 3.63) is 35.6 Å². The Balaban J connectivity index is 1.98. The summed E-state index contributed by atoms with van der Waals surface area (Å²) in [5.41, 5.74) is 0.606. The number of H-pyrrole nitrogens is 1. The molecule has 1 atom stereocenters. The molecule has 1 heterocycles. The van der Waals surface area contributed by atoms with Gasteiger partial charge in [-0.15, -0.1) is 0 Å². The molecule has 0 aliphatic heterocycles. The maximum absolute atomic E-state index is 11.9. The van der Waals surface area contributed by atoms with E-state index in [4.69, 9.17) is 11.6 Å². The Hall–Kier alpha value is -1.53. The highest BCUT2D eigenvalue weighted by atomic mass is 35.5. The number of para-hydroxylation sites is 1. The smallest absolute Gasteiger partial charge is 0.237 e. The van der Waals surface area contributed by atoms with Crippen LogP contribution in [-0.2, 0) is 4.79 Å². The van der Waals surface area contributed by atoms with Gasteiger partial charge in [-0.1, -0.05) is 35.5 Å². The zero-order valence-electron chi connectivity index (χ0n) is 9.55. The fourth-order valence-electron chi connectivity index (χ4n) is 1.27. The number of aromatic amines is 1. The van der Waals surface area contributed by atoms with E-state index in [0.29, 0.717) is 15.9 Å². The summed E-state index contributed by atoms with van der Waals surface area (Å²) in [5.74, 6) is -0.135. The first-order valence-electron chi connectivity index (χ1n) is 5.24. The number of halogens is 1. The molecule has 0 saturated heterocycles. The molecule has 1 amide bonds. The van der Waals surface area contributed by atoms with Gasteiger partial charge in [0.25, 0.3) is 0 Å². The van der Waals surface area contributed by atoms with Gasteiger partial charge in [-0.3, -0.25) is 9.89 Å². The molecule has 0 saturated carbocycles. The van der Waals surface area contributed by atoms with Crippen molar-refractivity contribution in [2.45, 2.75) is 17.3 Å². The molecule has 1 aromatic carbocycles. The second-order valence-electron chi connectivity index (χ2n) is 3.52. The summed E-state index contributed by atoms with van der Waals surface area (Å²) in [4.78, 5) is 15.9. The molecule has 2 aromatic rings. The third-order valence-electron chi connectivity index (χ3n) is 2.18. The topological polar surface area (TPSA) is 70.7 Å². The number of hydrogen-bond donors (Lipinski definition) is 2. The van der Waals surface area contributed by atoms with Crippen molar-refractivity contribution < 1.29 is 4.79 Å². The first-order valence-corrected chi connectivity index (χ1v) is 6.50. The van der Waals surface area contributed by atoms with Crippen molar-refractivity contribution in [1.82, 2.24) is 15.2 Å². The Labute approximate surface area is 113 Å². The molecular weight excluding hydrogens is 272 g/mol. The van der Waals surface area contributed by atoms with E-state index < -0.39 is 0 Å². The van der Waals surface area contributed by atoms with Gasteiger partial charge < -0.3 is 5.32 Å². The van der Waals surface area contributed by atoms with Crippen LogP contribution in [0.3, 0.4) is 0 Å². The van der Waals surface area contributed by atoms with Gasteiger partial charge in [0.2, 0.25) is 5.91 Å². The van der Waals surface area contributed by atoms with Crippen LogP contribution in [0.4, 0.5) is 5.69 Å². The van der Waals surface area contributed by atoms with Crippen molar-refractivity contribution in [3.8, 4) is 0 Å². The Bertz CT molecular complexity index is 532. The Kier molecular flexibility index (Phi) is 4.22. The minimum atomic E-state index is -0.297. The third kappa shape index (κ3) is 3.24. The quantitative estimate of drug-likeness (QED) is 0.846. The van der Waals surface area contributed by atoms with Gasteiger partial charge in [0.15, 0.2) is 5.16 Å². The number of thioether (sulfide) groups is 1. The van der Waals surface area contributed by atoms with Crippen LogP contribution in [0.2, 0.25) is 5.02 Å². The van der Waals surface area contributed by atoms with E-state index in [0.717, 1.165) is 0 Å². The molecule has 7 heteroatoms. The number of nitrogens with zero attached hydrogens (tertiary/aromatic N) is 2. The molecule has 0 aliphatic rings. The van der Waals surface area contributed by atoms with E-state index in [1.165, 1.54) is 18.1 Å². The first-order chi connectivity index (χ1) is 8.66. The van der Waals surface area contributed by atoms with Crippen molar-refractivity contribution in [2.75, 3.05) is 5.32 Å². The Morgan fingerprint density at radius 1 is 1.50 bits per heavy atom. The van der Waals surface area contributed by atoms with E-state index in [2.05, 4.69) is 20.5 Å². The normalized spacial score (nSPS) is 12.1. The fraction of sp³-hybridized carbons (Fsp3) is 0.182. The van der Waals surface area contributed by atoms with Gasteiger partial charge in [0, 0.05) is 0 Å². The lowest BCUT2D eigenvalue weighted by molar-refractivity contribution is -0.115. The van der Waals surface area contributed by atoms with Crippen LogP contribution in [0.25, 0.3) is 0 Å². The van der Waals surface area contributed by atoms with Crippen LogP contribution in [0.1, 0.15) is 6.92 Å². The molecule has 0 radical (unpaired) electrons. The molecule has 2 N–H and O–H groups in total. The number of amides is 1. The lowest BCUT2D eigenvalue weighted by Crippen LogP contribution is -2.22. The number of aromatic nitrogens is 3. The number of nitrogens with one attached hydrogen (secondary N) is 2. The van der Waals surface area contributed by atoms with Gasteiger partial charge in [-0.25, -0.2) is 4.98 Å². The van der Waals surface area contributed by atoms with Gasteiger partial charge in [-0.05, 0) is 19.1 Å². The van der Waals surface area contributed by atoms with Crippen molar-refractivity contribution in [1.29, 1.82) is 0 Å². The van der Waals surface area contributed by atoms with E-state index in [-0.39, 0.29) is 11.2 Å². The maximum atomic E-state index is 11.9. The highest BCUT2D eigenvalue weighted by Gasteiger charge is 2.16. The number of benzene rings is 1. The van der Waals surface area contributed by atoms with E-state index in [1.807, 2.05) is 12.1 Å². The Morgan fingerprint density at radius 3 is 2.94 bits per heavy atom. The maximum Gasteiger partial charge on any atom is 0.237 e. The largest absolute Gasteiger partial charge is 0.324 e.